The average Bonchev–Trinajstić information content (AvgIpc) is 1.97. The second kappa shape index (κ2) is 4.87. The molecule has 1 N–H and O–H groups in total. The zero-order chi connectivity index (χ0) is 11.6. The number of nitrogens with one attached hydrogen (secondary N) is 1. The monoisotopic (exact) mass is 236 g/mol. The summed E-state index contributed by atoms with van der Waals surface area (Å²) in [6.07, 6.45) is 0.628. The zero-order valence-corrected chi connectivity index (χ0v) is 11.8. The molecule has 14 heavy (non-hydrogen) atoms. The smallest absolute Gasteiger partial charge is 0.125 e. The van der Waals surface area contributed by atoms with E-state index in [1.807, 2.05) is 6.92 Å². The number of hydrogen-bond acceptors (Lipinski definition) is 3. The summed E-state index contributed by atoms with van der Waals surface area (Å²) in [6.45, 7) is 12.7. The fourth-order valence-corrected chi connectivity index (χ4v) is 3.89. The van der Waals surface area contributed by atoms with Crippen LogP contribution in [0.5, 0.6) is 0 Å². The molecule has 0 saturated heterocycles. The van der Waals surface area contributed by atoms with Gasteiger partial charge in [0.1, 0.15) is 8.24 Å². The first kappa shape index (κ1) is 14.3. The predicted octanol–water partition coefficient (Wildman–Crippen LogP) is 2.20. The molecule has 0 aromatic carbocycles. The van der Waals surface area contributed by atoms with Crippen molar-refractivity contribution in [2.24, 2.45) is 0 Å². The lowest BCUT2D eigenvalue weighted by molar-refractivity contribution is 0.510. The first-order valence-electron chi connectivity index (χ1n) is 4.97. The third kappa shape index (κ3) is 3.80. The zero-order valence-electron chi connectivity index (χ0n) is 10.0. The van der Waals surface area contributed by atoms with Crippen molar-refractivity contribution in [3.05, 3.63) is 0 Å². The summed E-state index contributed by atoms with van der Waals surface area (Å²) in [7, 11) is -1.69. The minimum atomic E-state index is -2.01. The van der Waals surface area contributed by atoms with Crippen molar-refractivity contribution in [2.45, 2.75) is 57.6 Å². The Hall–Kier alpha value is 0.287. The molecule has 0 saturated carbocycles. The molecule has 0 rings (SSSR count). The average molecular weight is 236 g/mol. The van der Waals surface area contributed by atoms with Gasteiger partial charge in [-0.3, -0.25) is 4.21 Å². The Morgan fingerprint density at radius 2 is 1.86 bits per heavy atom. The van der Waals surface area contributed by atoms with Crippen molar-refractivity contribution in [3.8, 4) is 0 Å². The molecular formula is C9H22NO2SSi-. The van der Waals surface area contributed by atoms with E-state index in [0.717, 1.165) is 0 Å². The van der Waals surface area contributed by atoms with Crippen molar-refractivity contribution >= 4 is 19.3 Å². The standard InChI is InChI=1S/C9H23NO2SSi/c1-7-8(13(11)12)10-14(5,6)9(2,3)4/h8,10H,7H2,1-6H3,(H,11,12)/p-1. The fraction of sp³-hybridized carbons (Fsp3) is 1.00. The summed E-state index contributed by atoms with van der Waals surface area (Å²) in [5.74, 6) is 0. The van der Waals surface area contributed by atoms with E-state index in [4.69, 9.17) is 0 Å². The SMILES string of the molecule is CCC(N[Si](C)(C)C(C)(C)C)S(=O)[O-]. The van der Waals surface area contributed by atoms with Gasteiger partial charge in [-0.2, -0.15) is 0 Å². The van der Waals surface area contributed by atoms with Gasteiger partial charge >= 0.3 is 0 Å². The highest BCUT2D eigenvalue weighted by Gasteiger charge is 2.36. The molecule has 0 spiro atoms. The minimum absolute atomic E-state index is 0.166. The molecule has 86 valence electrons. The molecule has 0 aliphatic carbocycles. The summed E-state index contributed by atoms with van der Waals surface area (Å²) in [4.78, 5) is 3.31. The van der Waals surface area contributed by atoms with Crippen molar-refractivity contribution in [3.63, 3.8) is 0 Å². The molecule has 0 aliphatic rings. The van der Waals surface area contributed by atoms with Gasteiger partial charge in [-0.25, -0.2) is 0 Å². The fourth-order valence-electron chi connectivity index (χ4n) is 0.905. The lowest BCUT2D eigenvalue weighted by Gasteiger charge is -2.40. The second-order valence-corrected chi connectivity index (χ2v) is 11.3. The molecule has 0 aliphatic heterocycles. The molecule has 2 atom stereocenters. The predicted molar refractivity (Wildman–Crippen MR) is 63.3 cm³/mol. The normalized spacial score (nSPS) is 17.9. The Morgan fingerprint density at radius 3 is 2.07 bits per heavy atom. The van der Waals surface area contributed by atoms with Gasteiger partial charge in [0.25, 0.3) is 0 Å². The maximum atomic E-state index is 10.9. The topological polar surface area (TPSA) is 52.2 Å². The van der Waals surface area contributed by atoms with Crippen molar-refractivity contribution in [1.29, 1.82) is 0 Å². The van der Waals surface area contributed by atoms with Gasteiger partial charge in [-0.05, 0) is 22.5 Å². The molecular weight excluding hydrogens is 214 g/mol. The molecule has 0 amide bonds. The summed E-state index contributed by atoms with van der Waals surface area (Å²) in [6, 6.07) is 0. The minimum Gasteiger partial charge on any atom is -0.771 e. The lowest BCUT2D eigenvalue weighted by atomic mass is 10.2. The number of rotatable bonds is 4. The summed E-state index contributed by atoms with van der Waals surface area (Å²) in [5.41, 5.74) is 0. The Bertz CT molecular complexity index is 213. The Morgan fingerprint density at radius 1 is 1.43 bits per heavy atom. The third-order valence-corrected chi connectivity index (χ3v) is 8.95. The van der Waals surface area contributed by atoms with Gasteiger partial charge in [0.15, 0.2) is 0 Å². The maximum absolute atomic E-state index is 10.9. The van der Waals surface area contributed by atoms with Crippen LogP contribution < -0.4 is 4.98 Å². The van der Waals surface area contributed by atoms with E-state index in [1.165, 1.54) is 0 Å². The molecule has 0 bridgehead atoms. The summed E-state index contributed by atoms with van der Waals surface area (Å²) >= 11 is -2.01. The van der Waals surface area contributed by atoms with E-state index >= 15 is 0 Å². The van der Waals surface area contributed by atoms with Gasteiger partial charge in [0.2, 0.25) is 0 Å². The summed E-state index contributed by atoms with van der Waals surface area (Å²) in [5, 5.41) is -0.226. The van der Waals surface area contributed by atoms with Gasteiger partial charge in [0, 0.05) is 0 Å². The molecule has 0 radical (unpaired) electrons. The number of hydrogen-bond donors (Lipinski definition) is 1. The van der Waals surface area contributed by atoms with Gasteiger partial charge in [0.05, 0.1) is 5.37 Å². The van der Waals surface area contributed by atoms with Gasteiger partial charge < -0.3 is 9.54 Å². The van der Waals surface area contributed by atoms with E-state index in [-0.39, 0.29) is 5.04 Å². The molecule has 5 heteroatoms. The highest BCUT2D eigenvalue weighted by Crippen LogP contribution is 2.34. The Balaban J connectivity index is 4.56. The van der Waals surface area contributed by atoms with Crippen LogP contribution >= 0.6 is 0 Å². The van der Waals surface area contributed by atoms with Crippen LogP contribution in [0.25, 0.3) is 0 Å². The van der Waals surface area contributed by atoms with E-state index < -0.39 is 24.7 Å². The first-order chi connectivity index (χ1) is 6.12. The third-order valence-electron chi connectivity index (χ3n) is 3.00. The van der Waals surface area contributed by atoms with Crippen LogP contribution in [-0.4, -0.2) is 22.4 Å². The maximum Gasteiger partial charge on any atom is 0.125 e. The van der Waals surface area contributed by atoms with Crippen LogP contribution in [0.1, 0.15) is 34.1 Å². The van der Waals surface area contributed by atoms with Crippen LogP contribution in [0.2, 0.25) is 18.1 Å². The van der Waals surface area contributed by atoms with E-state index in [1.54, 1.807) is 0 Å². The molecule has 0 aromatic rings. The van der Waals surface area contributed by atoms with Crippen LogP contribution in [0.3, 0.4) is 0 Å². The highest BCUT2D eigenvalue weighted by molar-refractivity contribution is 7.79. The van der Waals surface area contributed by atoms with Crippen molar-refractivity contribution < 1.29 is 8.76 Å². The first-order valence-corrected chi connectivity index (χ1v) is 9.11. The Kier molecular flexibility index (Phi) is 4.97. The van der Waals surface area contributed by atoms with Crippen LogP contribution in [0.15, 0.2) is 0 Å². The van der Waals surface area contributed by atoms with Gasteiger partial charge in [-0.15, -0.1) is 0 Å². The molecule has 0 fully saturated rings. The van der Waals surface area contributed by atoms with E-state index in [2.05, 4.69) is 38.8 Å². The lowest BCUT2D eigenvalue weighted by Crippen LogP contribution is -2.57. The molecule has 2 unspecified atom stereocenters. The van der Waals surface area contributed by atoms with E-state index in [9.17, 15) is 8.76 Å². The van der Waals surface area contributed by atoms with Crippen LogP contribution in [0, 0.1) is 0 Å². The van der Waals surface area contributed by atoms with Crippen molar-refractivity contribution in [2.75, 3.05) is 0 Å². The van der Waals surface area contributed by atoms with Crippen molar-refractivity contribution in [1.82, 2.24) is 4.98 Å². The van der Waals surface area contributed by atoms with Crippen LogP contribution in [-0.2, 0) is 11.1 Å². The quantitative estimate of drug-likeness (QED) is 0.601. The highest BCUT2D eigenvalue weighted by atomic mass is 32.2. The molecule has 0 heterocycles. The molecule has 0 aromatic heterocycles. The van der Waals surface area contributed by atoms with E-state index in [0.29, 0.717) is 6.42 Å². The summed E-state index contributed by atoms with van der Waals surface area (Å²) < 4.78 is 21.8. The van der Waals surface area contributed by atoms with Crippen LogP contribution in [0.4, 0.5) is 0 Å². The molecule has 3 nitrogen and oxygen atoms in total. The second-order valence-electron chi connectivity index (χ2n) is 5.18. The van der Waals surface area contributed by atoms with Gasteiger partial charge in [-0.1, -0.05) is 40.8 Å². The largest absolute Gasteiger partial charge is 0.771 e. The Labute approximate surface area is 91.0 Å².